The average molecular weight is 212 g/mol. The van der Waals surface area contributed by atoms with E-state index in [1.54, 1.807) is 0 Å². The molecule has 1 unspecified atom stereocenters. The summed E-state index contributed by atoms with van der Waals surface area (Å²) in [6.45, 7) is 1.37. The minimum Gasteiger partial charge on any atom is -0.394 e. The predicted octanol–water partition coefficient (Wildman–Crippen LogP) is 0.112. The number of amides is 1. The van der Waals surface area contributed by atoms with Gasteiger partial charge in [-0.2, -0.15) is 0 Å². The fourth-order valence-electron chi connectivity index (χ4n) is 2.14. The van der Waals surface area contributed by atoms with Crippen LogP contribution in [0.5, 0.6) is 0 Å². The van der Waals surface area contributed by atoms with Gasteiger partial charge in [-0.3, -0.25) is 4.79 Å². The topological polar surface area (TPSA) is 52.6 Å². The van der Waals surface area contributed by atoms with Crippen molar-refractivity contribution >= 4 is 5.91 Å². The van der Waals surface area contributed by atoms with Crippen LogP contribution in [-0.4, -0.2) is 47.7 Å². The molecule has 2 N–H and O–H groups in total. The van der Waals surface area contributed by atoms with Crippen molar-refractivity contribution in [3.63, 3.8) is 0 Å². The molecule has 1 aliphatic heterocycles. The van der Waals surface area contributed by atoms with E-state index in [-0.39, 0.29) is 18.6 Å². The number of likely N-dealkylation sites (tertiary alicyclic amines) is 1. The van der Waals surface area contributed by atoms with Gasteiger partial charge in [0.15, 0.2) is 0 Å². The van der Waals surface area contributed by atoms with E-state index in [4.69, 9.17) is 0 Å². The summed E-state index contributed by atoms with van der Waals surface area (Å²) >= 11 is 0. The lowest BCUT2D eigenvalue weighted by molar-refractivity contribution is -0.134. The van der Waals surface area contributed by atoms with E-state index in [2.05, 4.69) is 5.32 Å². The summed E-state index contributed by atoms with van der Waals surface area (Å²) in [4.78, 5) is 13.7. The molecule has 1 saturated carbocycles. The summed E-state index contributed by atoms with van der Waals surface area (Å²) in [5, 5.41) is 12.4. The van der Waals surface area contributed by atoms with Gasteiger partial charge in [0, 0.05) is 12.6 Å². The lowest BCUT2D eigenvalue weighted by Gasteiger charge is -2.34. The van der Waals surface area contributed by atoms with Crippen molar-refractivity contribution in [2.75, 3.05) is 19.7 Å². The van der Waals surface area contributed by atoms with E-state index in [0.717, 1.165) is 25.8 Å². The van der Waals surface area contributed by atoms with Crippen LogP contribution in [0.3, 0.4) is 0 Å². The fourth-order valence-corrected chi connectivity index (χ4v) is 2.14. The molecular formula is C11H20N2O2. The quantitative estimate of drug-likeness (QED) is 0.695. The number of hydrogen-bond acceptors (Lipinski definition) is 3. The lowest BCUT2D eigenvalue weighted by Crippen LogP contribution is -2.49. The summed E-state index contributed by atoms with van der Waals surface area (Å²) in [5.74, 6) is 0.153. The number of rotatable bonds is 4. The molecule has 1 aliphatic carbocycles. The fraction of sp³-hybridized carbons (Fsp3) is 0.909. The highest BCUT2D eigenvalue weighted by atomic mass is 16.3. The Bertz CT molecular complexity index is 229. The first kappa shape index (κ1) is 10.9. The van der Waals surface area contributed by atoms with Crippen LogP contribution in [0, 0.1) is 0 Å². The second kappa shape index (κ2) is 4.94. The molecule has 1 heterocycles. The molecule has 0 aromatic rings. The van der Waals surface area contributed by atoms with Crippen molar-refractivity contribution in [3.05, 3.63) is 0 Å². The highest BCUT2D eigenvalue weighted by Gasteiger charge is 2.27. The van der Waals surface area contributed by atoms with Gasteiger partial charge in [0.1, 0.15) is 0 Å². The number of piperidine rings is 1. The van der Waals surface area contributed by atoms with Gasteiger partial charge < -0.3 is 15.3 Å². The number of nitrogens with one attached hydrogen (secondary N) is 1. The number of hydrogen-bond donors (Lipinski definition) is 2. The maximum Gasteiger partial charge on any atom is 0.236 e. The molecule has 0 aromatic heterocycles. The van der Waals surface area contributed by atoms with Gasteiger partial charge in [0.05, 0.1) is 19.2 Å². The van der Waals surface area contributed by atoms with E-state index in [1.165, 1.54) is 12.8 Å². The van der Waals surface area contributed by atoms with Gasteiger partial charge in [-0.25, -0.2) is 0 Å². The molecule has 4 nitrogen and oxygen atoms in total. The molecule has 2 fully saturated rings. The van der Waals surface area contributed by atoms with Crippen LogP contribution in [0.1, 0.15) is 32.1 Å². The maximum absolute atomic E-state index is 11.9. The van der Waals surface area contributed by atoms with Gasteiger partial charge in [-0.1, -0.05) is 0 Å². The number of nitrogens with zero attached hydrogens (tertiary/aromatic N) is 1. The van der Waals surface area contributed by atoms with Crippen LogP contribution in [-0.2, 0) is 4.79 Å². The average Bonchev–Trinajstić information content (AvgIpc) is 3.09. The molecule has 0 bridgehead atoms. The van der Waals surface area contributed by atoms with Crippen molar-refractivity contribution in [1.82, 2.24) is 10.2 Å². The zero-order valence-corrected chi connectivity index (χ0v) is 9.11. The van der Waals surface area contributed by atoms with Gasteiger partial charge in [0.25, 0.3) is 0 Å². The number of carbonyl (C=O) groups excluding carboxylic acids is 1. The van der Waals surface area contributed by atoms with Crippen molar-refractivity contribution < 1.29 is 9.90 Å². The Labute approximate surface area is 90.6 Å². The SMILES string of the molecule is O=C(CNC1CC1)N1CCCCC1CO. The Kier molecular flexibility index (Phi) is 3.59. The number of carbonyl (C=O) groups is 1. The zero-order chi connectivity index (χ0) is 10.7. The largest absolute Gasteiger partial charge is 0.394 e. The molecule has 1 atom stereocenters. The highest BCUT2D eigenvalue weighted by Crippen LogP contribution is 2.19. The first-order chi connectivity index (χ1) is 7.31. The van der Waals surface area contributed by atoms with Crippen molar-refractivity contribution in [1.29, 1.82) is 0 Å². The van der Waals surface area contributed by atoms with E-state index < -0.39 is 0 Å². The smallest absolute Gasteiger partial charge is 0.236 e. The minimum absolute atomic E-state index is 0.0623. The normalized spacial score (nSPS) is 26.7. The van der Waals surface area contributed by atoms with Crippen LogP contribution in [0.2, 0.25) is 0 Å². The third-order valence-corrected chi connectivity index (χ3v) is 3.28. The predicted molar refractivity (Wildman–Crippen MR) is 57.5 cm³/mol. The minimum atomic E-state index is 0.0623. The van der Waals surface area contributed by atoms with Crippen molar-refractivity contribution in [3.8, 4) is 0 Å². The number of aliphatic hydroxyl groups is 1. The molecule has 1 saturated heterocycles. The first-order valence-electron chi connectivity index (χ1n) is 5.95. The first-order valence-corrected chi connectivity index (χ1v) is 5.95. The van der Waals surface area contributed by atoms with E-state index in [0.29, 0.717) is 12.6 Å². The Morgan fingerprint density at radius 3 is 2.80 bits per heavy atom. The standard InChI is InChI=1S/C11H20N2O2/c14-8-10-3-1-2-6-13(10)11(15)7-12-9-4-5-9/h9-10,12,14H,1-8H2. The van der Waals surface area contributed by atoms with Crippen LogP contribution in [0.25, 0.3) is 0 Å². The molecule has 15 heavy (non-hydrogen) atoms. The van der Waals surface area contributed by atoms with Crippen LogP contribution < -0.4 is 5.32 Å². The molecule has 0 aromatic carbocycles. The van der Waals surface area contributed by atoms with E-state index in [9.17, 15) is 9.90 Å². The monoisotopic (exact) mass is 212 g/mol. The molecule has 2 aliphatic rings. The second-order valence-corrected chi connectivity index (χ2v) is 4.57. The van der Waals surface area contributed by atoms with Crippen LogP contribution in [0.4, 0.5) is 0 Å². The van der Waals surface area contributed by atoms with Crippen LogP contribution in [0.15, 0.2) is 0 Å². The Hall–Kier alpha value is -0.610. The Morgan fingerprint density at radius 1 is 1.33 bits per heavy atom. The molecule has 0 spiro atoms. The summed E-state index contributed by atoms with van der Waals surface area (Å²) in [6, 6.07) is 0.638. The second-order valence-electron chi connectivity index (χ2n) is 4.57. The summed E-state index contributed by atoms with van der Waals surface area (Å²) in [5.41, 5.74) is 0. The summed E-state index contributed by atoms with van der Waals surface area (Å²) in [7, 11) is 0. The van der Waals surface area contributed by atoms with Gasteiger partial charge in [0.2, 0.25) is 5.91 Å². The summed E-state index contributed by atoms with van der Waals surface area (Å²) < 4.78 is 0. The molecule has 86 valence electrons. The summed E-state index contributed by atoms with van der Waals surface area (Å²) in [6.07, 6.45) is 5.57. The third-order valence-electron chi connectivity index (χ3n) is 3.28. The maximum atomic E-state index is 11.9. The van der Waals surface area contributed by atoms with Gasteiger partial charge in [-0.05, 0) is 32.1 Å². The van der Waals surface area contributed by atoms with Gasteiger partial charge >= 0.3 is 0 Å². The van der Waals surface area contributed by atoms with E-state index in [1.807, 2.05) is 4.90 Å². The molecule has 2 rings (SSSR count). The molecular weight excluding hydrogens is 192 g/mol. The van der Waals surface area contributed by atoms with Crippen molar-refractivity contribution in [2.24, 2.45) is 0 Å². The number of aliphatic hydroxyl groups excluding tert-OH is 1. The molecule has 4 heteroatoms. The van der Waals surface area contributed by atoms with Crippen molar-refractivity contribution in [2.45, 2.75) is 44.2 Å². The van der Waals surface area contributed by atoms with Crippen LogP contribution >= 0.6 is 0 Å². The van der Waals surface area contributed by atoms with E-state index >= 15 is 0 Å². The zero-order valence-electron chi connectivity index (χ0n) is 9.11. The highest BCUT2D eigenvalue weighted by molar-refractivity contribution is 5.78. The lowest BCUT2D eigenvalue weighted by atomic mass is 10.0. The van der Waals surface area contributed by atoms with Gasteiger partial charge in [-0.15, -0.1) is 0 Å². The Morgan fingerprint density at radius 2 is 2.13 bits per heavy atom. The molecule has 1 amide bonds. The molecule has 0 radical (unpaired) electrons. The Balaban J connectivity index is 1.79. The third kappa shape index (κ3) is 2.92.